The molecule has 0 bridgehead atoms. The van der Waals surface area contributed by atoms with Crippen molar-refractivity contribution in [3.63, 3.8) is 0 Å². The van der Waals surface area contributed by atoms with Crippen LogP contribution in [0.2, 0.25) is 10.0 Å². The summed E-state index contributed by atoms with van der Waals surface area (Å²) in [6.07, 6.45) is 0. The molecule has 0 N–H and O–H groups in total. The van der Waals surface area contributed by atoms with E-state index in [4.69, 9.17) is 27.9 Å². The normalized spacial score (nSPS) is 10.3. The summed E-state index contributed by atoms with van der Waals surface area (Å²) < 4.78 is 10.2. The van der Waals surface area contributed by atoms with E-state index in [9.17, 15) is 5.26 Å². The topological polar surface area (TPSA) is 45.9 Å². The fourth-order valence-electron chi connectivity index (χ4n) is 2.06. The van der Waals surface area contributed by atoms with Crippen molar-refractivity contribution >= 4 is 34.7 Å². The third-order valence-electron chi connectivity index (χ3n) is 3.25. The van der Waals surface area contributed by atoms with E-state index in [2.05, 4.69) is 10.4 Å². The highest BCUT2D eigenvalue weighted by molar-refractivity contribution is 7.08. The van der Waals surface area contributed by atoms with Gasteiger partial charge in [-0.3, -0.25) is 0 Å². The molecule has 0 saturated carbocycles. The van der Waals surface area contributed by atoms with E-state index in [-0.39, 0.29) is 0 Å². The van der Waals surface area contributed by atoms with Gasteiger partial charge in [0, 0.05) is 22.1 Å². The van der Waals surface area contributed by atoms with Crippen LogP contribution in [0.5, 0.6) is 10.8 Å². The SMILES string of the molecule is Cc1ccc(Cl)cc1Oc1snc(-c2ccccc2Cl)c1C#N. The number of hydrogen-bond acceptors (Lipinski definition) is 4. The van der Waals surface area contributed by atoms with Crippen molar-refractivity contribution in [1.82, 2.24) is 4.37 Å². The summed E-state index contributed by atoms with van der Waals surface area (Å²) in [5.41, 5.74) is 2.52. The Balaban J connectivity index is 2.04. The molecule has 0 unspecified atom stereocenters. The zero-order valence-electron chi connectivity index (χ0n) is 12.0. The van der Waals surface area contributed by atoms with Crippen molar-refractivity contribution < 1.29 is 4.74 Å². The minimum Gasteiger partial charge on any atom is -0.443 e. The number of hydrogen-bond donors (Lipinski definition) is 0. The molecule has 6 heteroatoms. The summed E-state index contributed by atoms with van der Waals surface area (Å²) in [5, 5.41) is 11.0. The van der Waals surface area contributed by atoms with Gasteiger partial charge in [0.2, 0.25) is 5.06 Å². The Morgan fingerprint density at radius 2 is 1.96 bits per heavy atom. The van der Waals surface area contributed by atoms with Gasteiger partial charge in [0.05, 0.1) is 5.02 Å². The fourth-order valence-corrected chi connectivity index (χ4v) is 3.18. The van der Waals surface area contributed by atoms with Gasteiger partial charge in [-0.25, -0.2) is 0 Å². The quantitative estimate of drug-likeness (QED) is 0.567. The summed E-state index contributed by atoms with van der Waals surface area (Å²) >= 11 is 13.3. The standard InChI is InChI=1S/C17H10Cl2N2OS/c1-10-6-7-11(18)8-15(10)22-17-13(9-20)16(21-23-17)12-4-2-3-5-14(12)19/h2-8H,1H3. The molecule has 23 heavy (non-hydrogen) atoms. The third-order valence-corrected chi connectivity index (χ3v) is 4.55. The minimum absolute atomic E-state index is 0.363. The van der Waals surface area contributed by atoms with Gasteiger partial charge in [-0.2, -0.15) is 9.64 Å². The number of rotatable bonds is 3. The molecule has 114 valence electrons. The average molecular weight is 361 g/mol. The Morgan fingerprint density at radius 1 is 1.17 bits per heavy atom. The van der Waals surface area contributed by atoms with Crippen LogP contribution in [-0.4, -0.2) is 4.37 Å². The molecular formula is C17H10Cl2N2OS. The average Bonchev–Trinajstić information content (AvgIpc) is 2.94. The minimum atomic E-state index is 0.363. The van der Waals surface area contributed by atoms with E-state index in [0.717, 1.165) is 17.1 Å². The van der Waals surface area contributed by atoms with Gasteiger partial charge in [0.1, 0.15) is 23.1 Å². The summed E-state index contributed by atoms with van der Waals surface area (Å²) in [7, 11) is 0. The van der Waals surface area contributed by atoms with Gasteiger partial charge in [0.15, 0.2) is 0 Å². The maximum absolute atomic E-state index is 9.51. The van der Waals surface area contributed by atoms with Crippen LogP contribution in [0.3, 0.4) is 0 Å². The smallest absolute Gasteiger partial charge is 0.218 e. The van der Waals surface area contributed by atoms with Crippen LogP contribution in [0.25, 0.3) is 11.3 Å². The van der Waals surface area contributed by atoms with E-state index in [0.29, 0.717) is 37.7 Å². The molecule has 0 fully saturated rings. The van der Waals surface area contributed by atoms with Crippen LogP contribution in [0, 0.1) is 18.3 Å². The summed E-state index contributed by atoms with van der Waals surface area (Å²) in [6, 6.07) is 14.8. The maximum atomic E-state index is 9.51. The number of nitriles is 1. The van der Waals surface area contributed by atoms with Crippen LogP contribution in [0.1, 0.15) is 11.1 Å². The predicted octanol–water partition coefficient (Wildman–Crippen LogP) is 6.09. The highest BCUT2D eigenvalue weighted by Gasteiger charge is 2.19. The number of aromatic nitrogens is 1. The number of nitrogens with zero attached hydrogens (tertiary/aromatic N) is 2. The Hall–Kier alpha value is -2.06. The molecule has 1 aromatic heterocycles. The second-order valence-corrected chi connectivity index (χ2v) is 6.38. The molecule has 0 aliphatic carbocycles. The molecule has 0 radical (unpaired) electrons. The Morgan fingerprint density at radius 3 is 2.70 bits per heavy atom. The Kier molecular flexibility index (Phi) is 4.53. The molecule has 3 aromatic rings. The highest BCUT2D eigenvalue weighted by Crippen LogP contribution is 2.39. The largest absolute Gasteiger partial charge is 0.443 e. The van der Waals surface area contributed by atoms with Crippen LogP contribution < -0.4 is 4.74 Å². The van der Waals surface area contributed by atoms with Crippen LogP contribution >= 0.6 is 34.7 Å². The lowest BCUT2D eigenvalue weighted by Crippen LogP contribution is -1.89. The number of aryl methyl sites for hydroxylation is 1. The van der Waals surface area contributed by atoms with E-state index >= 15 is 0 Å². The highest BCUT2D eigenvalue weighted by atomic mass is 35.5. The monoisotopic (exact) mass is 360 g/mol. The van der Waals surface area contributed by atoms with Gasteiger partial charge < -0.3 is 4.74 Å². The van der Waals surface area contributed by atoms with E-state index in [1.165, 1.54) is 0 Å². The Labute approximate surface area is 147 Å². The first-order chi connectivity index (χ1) is 11.1. The molecular weight excluding hydrogens is 351 g/mol. The van der Waals surface area contributed by atoms with Gasteiger partial charge >= 0.3 is 0 Å². The molecule has 0 aliphatic heterocycles. The molecule has 0 atom stereocenters. The molecule has 3 nitrogen and oxygen atoms in total. The first kappa shape index (κ1) is 15.8. The van der Waals surface area contributed by atoms with Gasteiger partial charge in [-0.15, -0.1) is 0 Å². The first-order valence-electron chi connectivity index (χ1n) is 6.69. The van der Waals surface area contributed by atoms with Crippen molar-refractivity contribution in [1.29, 1.82) is 5.26 Å². The second kappa shape index (κ2) is 6.59. The summed E-state index contributed by atoms with van der Waals surface area (Å²) in [4.78, 5) is 0. The van der Waals surface area contributed by atoms with Crippen molar-refractivity contribution in [2.24, 2.45) is 0 Å². The summed E-state index contributed by atoms with van der Waals surface area (Å²) in [6.45, 7) is 1.91. The van der Waals surface area contributed by atoms with Crippen molar-refractivity contribution in [3.05, 3.63) is 63.6 Å². The molecule has 0 spiro atoms. The molecule has 0 amide bonds. The number of benzene rings is 2. The van der Waals surface area contributed by atoms with Crippen LogP contribution in [0.4, 0.5) is 0 Å². The molecule has 1 heterocycles. The molecule has 3 rings (SSSR count). The molecule has 2 aromatic carbocycles. The lowest BCUT2D eigenvalue weighted by atomic mass is 10.1. The van der Waals surface area contributed by atoms with Crippen molar-refractivity contribution in [2.75, 3.05) is 0 Å². The van der Waals surface area contributed by atoms with Crippen LogP contribution in [0.15, 0.2) is 42.5 Å². The van der Waals surface area contributed by atoms with Gasteiger partial charge in [0.25, 0.3) is 0 Å². The van der Waals surface area contributed by atoms with E-state index in [1.54, 1.807) is 18.2 Å². The molecule has 0 saturated heterocycles. The van der Waals surface area contributed by atoms with Crippen molar-refractivity contribution in [3.8, 4) is 28.1 Å². The lowest BCUT2D eigenvalue weighted by molar-refractivity contribution is 0.491. The zero-order chi connectivity index (χ0) is 16.4. The fraction of sp³-hybridized carbons (Fsp3) is 0.0588. The van der Waals surface area contributed by atoms with E-state index in [1.807, 2.05) is 31.2 Å². The van der Waals surface area contributed by atoms with Crippen molar-refractivity contribution in [2.45, 2.75) is 6.92 Å². The summed E-state index contributed by atoms with van der Waals surface area (Å²) in [5.74, 6) is 0.600. The van der Waals surface area contributed by atoms with Gasteiger partial charge in [-0.05, 0) is 30.7 Å². The van der Waals surface area contributed by atoms with E-state index < -0.39 is 0 Å². The molecule has 0 aliphatic rings. The Bertz CT molecular complexity index is 915. The number of halogens is 2. The predicted molar refractivity (Wildman–Crippen MR) is 93.5 cm³/mol. The zero-order valence-corrected chi connectivity index (χ0v) is 14.3. The maximum Gasteiger partial charge on any atom is 0.218 e. The lowest BCUT2D eigenvalue weighted by Gasteiger charge is -2.07. The van der Waals surface area contributed by atoms with Gasteiger partial charge in [-0.1, -0.05) is 47.5 Å². The number of ether oxygens (including phenoxy) is 1. The van der Waals surface area contributed by atoms with Crippen LogP contribution in [-0.2, 0) is 0 Å². The second-order valence-electron chi connectivity index (χ2n) is 4.80. The third kappa shape index (κ3) is 3.18. The first-order valence-corrected chi connectivity index (χ1v) is 8.21.